The number of carbonyl (C=O) groups excluding carboxylic acids is 2. The topological polar surface area (TPSA) is 236 Å². The normalized spacial score (nSPS) is 9.62. The molecular formula is C21H24Cl2N8O6. The SMILES string of the molecule is Cl.Cl.NC(N)=NNCC(=O)Oc1ccc(-c2coc3cc(OC(=O)CNN=C(N)N)ccc3c2=O)cc1. The highest BCUT2D eigenvalue weighted by Gasteiger charge is 2.12. The summed E-state index contributed by atoms with van der Waals surface area (Å²) in [6, 6.07) is 10.6. The van der Waals surface area contributed by atoms with E-state index in [1.807, 2.05) is 0 Å². The summed E-state index contributed by atoms with van der Waals surface area (Å²) in [7, 11) is 0. The molecule has 0 saturated heterocycles. The minimum absolute atomic E-state index is 0. The van der Waals surface area contributed by atoms with Crippen molar-refractivity contribution < 1.29 is 23.5 Å². The van der Waals surface area contributed by atoms with Gasteiger partial charge in [0.25, 0.3) is 0 Å². The van der Waals surface area contributed by atoms with Gasteiger partial charge in [-0.25, -0.2) is 9.59 Å². The van der Waals surface area contributed by atoms with Crippen molar-refractivity contribution in [3.8, 4) is 22.6 Å². The molecule has 2 aromatic carbocycles. The summed E-state index contributed by atoms with van der Waals surface area (Å²) in [6.45, 7) is -0.505. The van der Waals surface area contributed by atoms with Gasteiger partial charge in [-0.3, -0.25) is 15.6 Å². The molecule has 1 heterocycles. The van der Waals surface area contributed by atoms with E-state index in [-0.39, 0.29) is 83.3 Å². The molecule has 0 aliphatic rings. The third-order valence-corrected chi connectivity index (χ3v) is 4.24. The van der Waals surface area contributed by atoms with Crippen LogP contribution in [0.25, 0.3) is 22.1 Å². The fourth-order valence-electron chi connectivity index (χ4n) is 2.80. The molecule has 0 aliphatic carbocycles. The summed E-state index contributed by atoms with van der Waals surface area (Å²) in [4.78, 5) is 36.6. The fourth-order valence-corrected chi connectivity index (χ4v) is 2.80. The maximum Gasteiger partial charge on any atom is 0.332 e. The zero-order valence-electron chi connectivity index (χ0n) is 19.0. The summed E-state index contributed by atoms with van der Waals surface area (Å²) >= 11 is 0. The summed E-state index contributed by atoms with van der Waals surface area (Å²) in [5.74, 6) is -1.28. The Labute approximate surface area is 221 Å². The third-order valence-electron chi connectivity index (χ3n) is 4.24. The van der Waals surface area contributed by atoms with Crippen LogP contribution < -0.4 is 48.7 Å². The largest absolute Gasteiger partial charge is 0.463 e. The number of nitrogens with one attached hydrogen (secondary N) is 2. The number of rotatable bonds is 9. The first-order valence-electron chi connectivity index (χ1n) is 9.93. The number of nitrogens with zero attached hydrogens (tertiary/aromatic N) is 2. The van der Waals surface area contributed by atoms with Crippen molar-refractivity contribution in [3.63, 3.8) is 0 Å². The standard InChI is InChI=1S/C21H22N8O6.2ClH/c22-20(23)28-26-8-17(30)34-12-3-1-11(2-4-12)15-10-33-16-7-13(5-6-14(16)19(15)32)35-18(31)9-27-29-21(24)25;;/h1-7,10,26-27H,8-9H2,(H4,22,23,28)(H4,24,25,29);2*1H. The van der Waals surface area contributed by atoms with Crippen molar-refractivity contribution in [3.05, 3.63) is 59.0 Å². The van der Waals surface area contributed by atoms with E-state index in [0.29, 0.717) is 5.56 Å². The van der Waals surface area contributed by atoms with Crippen molar-refractivity contribution in [2.24, 2.45) is 33.1 Å². The van der Waals surface area contributed by atoms with Gasteiger partial charge < -0.3 is 36.8 Å². The van der Waals surface area contributed by atoms with Gasteiger partial charge in [0.2, 0.25) is 11.9 Å². The highest BCUT2D eigenvalue weighted by Crippen LogP contribution is 2.24. The Bertz CT molecular complexity index is 1350. The van der Waals surface area contributed by atoms with Crippen molar-refractivity contribution in [1.29, 1.82) is 0 Å². The molecule has 37 heavy (non-hydrogen) atoms. The summed E-state index contributed by atoms with van der Waals surface area (Å²) < 4.78 is 15.9. The lowest BCUT2D eigenvalue weighted by molar-refractivity contribution is -0.134. The molecule has 0 atom stereocenters. The van der Waals surface area contributed by atoms with Crippen LogP contribution in [0.5, 0.6) is 11.5 Å². The van der Waals surface area contributed by atoms with Crippen LogP contribution in [0.2, 0.25) is 0 Å². The molecule has 0 radical (unpaired) electrons. The molecule has 16 heteroatoms. The Kier molecular flexibility index (Phi) is 11.5. The van der Waals surface area contributed by atoms with Gasteiger partial charge in [0.05, 0.1) is 10.9 Å². The highest BCUT2D eigenvalue weighted by molar-refractivity contribution is 5.86. The van der Waals surface area contributed by atoms with Crippen molar-refractivity contribution >= 4 is 59.6 Å². The third kappa shape index (κ3) is 8.79. The minimum Gasteiger partial charge on any atom is -0.463 e. The summed E-state index contributed by atoms with van der Waals surface area (Å²) in [6.07, 6.45) is 1.29. The average Bonchev–Trinajstić information content (AvgIpc) is 2.79. The predicted molar refractivity (Wildman–Crippen MR) is 141 cm³/mol. The zero-order chi connectivity index (χ0) is 25.4. The predicted octanol–water partition coefficient (Wildman–Crippen LogP) is -0.330. The molecule has 14 nitrogen and oxygen atoms in total. The van der Waals surface area contributed by atoms with E-state index in [4.69, 9.17) is 36.8 Å². The van der Waals surface area contributed by atoms with Gasteiger partial charge in [0, 0.05) is 6.07 Å². The van der Waals surface area contributed by atoms with Crippen LogP contribution in [-0.4, -0.2) is 36.9 Å². The smallest absolute Gasteiger partial charge is 0.332 e. The Morgan fingerprint density at radius 3 is 1.86 bits per heavy atom. The lowest BCUT2D eigenvalue weighted by Crippen LogP contribution is -2.30. The van der Waals surface area contributed by atoms with Crippen LogP contribution >= 0.6 is 24.8 Å². The van der Waals surface area contributed by atoms with E-state index in [1.165, 1.54) is 36.6 Å². The molecule has 3 rings (SSSR count). The molecule has 0 aliphatic heterocycles. The molecular weight excluding hydrogens is 531 g/mol. The zero-order valence-corrected chi connectivity index (χ0v) is 20.6. The summed E-state index contributed by atoms with van der Waals surface area (Å²) in [5, 5.41) is 7.21. The van der Waals surface area contributed by atoms with Crippen molar-refractivity contribution in [2.45, 2.75) is 0 Å². The number of hydrogen-bond acceptors (Lipinski definition) is 10. The Balaban J connectivity index is 0.00000342. The number of benzene rings is 2. The molecule has 10 N–H and O–H groups in total. The van der Waals surface area contributed by atoms with Gasteiger partial charge in [0.1, 0.15) is 36.4 Å². The first kappa shape index (κ1) is 30.3. The monoisotopic (exact) mass is 554 g/mol. The van der Waals surface area contributed by atoms with E-state index >= 15 is 0 Å². The van der Waals surface area contributed by atoms with Gasteiger partial charge in [-0.1, -0.05) is 12.1 Å². The van der Waals surface area contributed by atoms with E-state index in [1.54, 1.807) is 12.1 Å². The highest BCUT2D eigenvalue weighted by atomic mass is 35.5. The number of esters is 2. The quantitative estimate of drug-likeness (QED) is 0.0655. The molecule has 0 saturated carbocycles. The van der Waals surface area contributed by atoms with E-state index in [2.05, 4.69) is 21.1 Å². The van der Waals surface area contributed by atoms with Crippen LogP contribution in [0.15, 0.2) is 68.1 Å². The van der Waals surface area contributed by atoms with Crippen molar-refractivity contribution in [1.82, 2.24) is 10.9 Å². The van der Waals surface area contributed by atoms with Crippen LogP contribution in [0, 0.1) is 0 Å². The number of halogens is 2. The van der Waals surface area contributed by atoms with Crippen LogP contribution in [-0.2, 0) is 9.59 Å². The molecule has 1 aromatic heterocycles. The fraction of sp³-hybridized carbons (Fsp3) is 0.0952. The summed E-state index contributed by atoms with van der Waals surface area (Å²) in [5.41, 5.74) is 26.1. The molecule has 0 bridgehead atoms. The van der Waals surface area contributed by atoms with Crippen molar-refractivity contribution in [2.75, 3.05) is 13.1 Å². The minimum atomic E-state index is -0.652. The Morgan fingerprint density at radius 2 is 1.32 bits per heavy atom. The second-order valence-corrected chi connectivity index (χ2v) is 6.85. The van der Waals surface area contributed by atoms with E-state index < -0.39 is 11.9 Å². The average molecular weight is 555 g/mol. The molecule has 0 amide bonds. The second-order valence-electron chi connectivity index (χ2n) is 6.85. The lowest BCUT2D eigenvalue weighted by Gasteiger charge is -2.07. The first-order chi connectivity index (χ1) is 16.7. The van der Waals surface area contributed by atoms with E-state index in [0.717, 1.165) is 0 Å². The molecule has 3 aromatic rings. The number of ether oxygens (including phenoxy) is 2. The number of nitrogens with two attached hydrogens (primary N) is 4. The van der Waals surface area contributed by atoms with Gasteiger partial charge >= 0.3 is 11.9 Å². The van der Waals surface area contributed by atoms with Crippen LogP contribution in [0.4, 0.5) is 0 Å². The molecule has 0 fully saturated rings. The number of guanidine groups is 2. The second kappa shape index (κ2) is 14.0. The van der Waals surface area contributed by atoms with Crippen LogP contribution in [0.3, 0.4) is 0 Å². The van der Waals surface area contributed by atoms with E-state index in [9.17, 15) is 14.4 Å². The van der Waals surface area contributed by atoms with Gasteiger partial charge in [0.15, 0.2) is 5.43 Å². The Hall–Kier alpha value is -4.69. The maximum atomic E-state index is 13.0. The number of fused-ring (bicyclic) bond motifs is 1. The Morgan fingerprint density at radius 1 is 0.811 bits per heavy atom. The molecule has 0 spiro atoms. The molecule has 198 valence electrons. The lowest BCUT2D eigenvalue weighted by atomic mass is 10.1. The van der Waals surface area contributed by atoms with Gasteiger partial charge in [-0.15, -0.1) is 35.0 Å². The number of hydrazone groups is 2. The molecule has 0 unspecified atom stereocenters. The van der Waals surface area contributed by atoms with Crippen LogP contribution in [0.1, 0.15) is 0 Å². The number of hydrogen-bond donors (Lipinski definition) is 6. The van der Waals surface area contributed by atoms with Gasteiger partial charge in [-0.05, 0) is 29.8 Å². The number of carbonyl (C=O) groups is 2. The van der Waals surface area contributed by atoms with Gasteiger partial charge in [-0.2, -0.15) is 0 Å². The first-order valence-corrected chi connectivity index (χ1v) is 9.93. The maximum absolute atomic E-state index is 13.0.